The first kappa shape index (κ1) is 53.7. The fraction of sp³-hybridized carbons (Fsp3) is 0.400. The number of alkyl halides is 1. The second-order valence-electron chi connectivity index (χ2n) is 21.3. The summed E-state index contributed by atoms with van der Waals surface area (Å²) in [5.41, 5.74) is 5.33. The van der Waals surface area contributed by atoms with Gasteiger partial charge in [-0.15, -0.1) is 11.3 Å². The molecule has 17 nitrogen and oxygen atoms in total. The van der Waals surface area contributed by atoms with Crippen LogP contribution in [0.4, 0.5) is 24.5 Å². The summed E-state index contributed by atoms with van der Waals surface area (Å²) in [4.78, 5) is 76.2. The van der Waals surface area contributed by atoms with Crippen molar-refractivity contribution in [2.75, 3.05) is 75.1 Å². The van der Waals surface area contributed by atoms with E-state index in [1.807, 2.05) is 92.9 Å². The minimum atomic E-state index is -4.37. The highest BCUT2D eigenvalue weighted by Gasteiger charge is 2.43. The van der Waals surface area contributed by atoms with Gasteiger partial charge in [-0.25, -0.2) is 23.1 Å². The van der Waals surface area contributed by atoms with Crippen molar-refractivity contribution in [1.82, 2.24) is 44.6 Å². The minimum absolute atomic E-state index is 0.00542. The lowest BCUT2D eigenvalue weighted by atomic mass is 9.85. The highest BCUT2D eigenvalue weighted by Crippen LogP contribution is 2.33. The zero-order valence-electron chi connectivity index (χ0n) is 43.2. The first-order chi connectivity index (χ1) is 36.8. The molecule has 405 valence electrons. The molecule has 3 aromatic heterocycles. The molecular weight excluding hydrogens is 1030 g/mol. The molecule has 4 aliphatic rings. The van der Waals surface area contributed by atoms with Crippen LogP contribution in [0.2, 0.25) is 0 Å². The largest absolute Gasteiger partial charge is 0.369 e. The number of thiazole rings is 1. The van der Waals surface area contributed by atoms with Gasteiger partial charge in [-0.05, 0) is 78.6 Å². The first-order valence-electron chi connectivity index (χ1n) is 25.7. The third-order valence-corrected chi connectivity index (χ3v) is 17.5. The van der Waals surface area contributed by atoms with E-state index < -0.39 is 69.1 Å². The number of halogens is 3. The van der Waals surface area contributed by atoms with Crippen LogP contribution in [-0.2, 0) is 31.1 Å². The molecule has 0 saturated carbocycles. The first-order valence-corrected chi connectivity index (χ1v) is 28.1. The Morgan fingerprint density at radius 1 is 0.896 bits per heavy atom. The second-order valence-corrected chi connectivity index (χ2v) is 23.8. The van der Waals surface area contributed by atoms with Gasteiger partial charge in [-0.1, -0.05) is 57.2 Å². The number of nitrogens with zero attached hydrogens (tertiary/aromatic N) is 7. The number of piperazine rings is 1. The number of aryl methyl sites for hydroxylation is 1. The van der Waals surface area contributed by atoms with Gasteiger partial charge >= 0.3 is 10.2 Å². The van der Waals surface area contributed by atoms with Crippen LogP contribution in [0.1, 0.15) is 60.8 Å². The SMILES string of the molecule is Cc1ncsc1-c1ccc(CNC(=O)[C@@H]2C[CH]CN2C(=O)[C@@H](NC(=O)CN2CC(N3CCN(c4ccc(-c5cnc6[nH]cc(C(=O)c7c(F)ccc(NS(=O)(=O)N8CC[C@@H](F)C8)c7F)c6c5)cc4)CC3)C2)C(C)(C)C)cc1. The topological polar surface area (TPSA) is 196 Å². The summed E-state index contributed by atoms with van der Waals surface area (Å²) in [5, 5.41) is 6.36. The van der Waals surface area contributed by atoms with Crippen molar-refractivity contribution < 1.29 is 40.8 Å². The maximum atomic E-state index is 15.8. The van der Waals surface area contributed by atoms with Crippen molar-refractivity contribution in [3.05, 3.63) is 125 Å². The van der Waals surface area contributed by atoms with Crippen molar-refractivity contribution in [2.45, 2.75) is 71.4 Å². The Hall–Kier alpha value is -6.72. The lowest BCUT2D eigenvalue weighted by molar-refractivity contribution is -0.144. The van der Waals surface area contributed by atoms with Gasteiger partial charge in [0.05, 0.1) is 33.9 Å². The van der Waals surface area contributed by atoms with Crippen LogP contribution < -0.4 is 20.3 Å². The highest BCUT2D eigenvalue weighted by atomic mass is 32.2. The smallest absolute Gasteiger partial charge is 0.301 e. The Labute approximate surface area is 449 Å². The predicted molar refractivity (Wildman–Crippen MR) is 289 cm³/mol. The van der Waals surface area contributed by atoms with Crippen molar-refractivity contribution in [2.24, 2.45) is 5.41 Å². The van der Waals surface area contributed by atoms with Crippen molar-refractivity contribution in [3.8, 4) is 21.6 Å². The molecular formula is C55H61F3N11O6S2. The Balaban J connectivity index is 0.693. The van der Waals surface area contributed by atoms with E-state index >= 15 is 8.78 Å². The number of hydrogen-bond acceptors (Lipinski definition) is 12. The van der Waals surface area contributed by atoms with Crippen LogP contribution in [-0.4, -0.2) is 156 Å². The number of amides is 3. The molecule has 10 rings (SSSR count). The Kier molecular flexibility index (Phi) is 15.3. The lowest BCUT2D eigenvalue weighted by Crippen LogP contribution is -2.65. The summed E-state index contributed by atoms with van der Waals surface area (Å²) in [6.07, 6.45) is 3.93. The zero-order valence-corrected chi connectivity index (χ0v) is 44.8. The predicted octanol–water partition coefficient (Wildman–Crippen LogP) is 6.33. The van der Waals surface area contributed by atoms with Crippen molar-refractivity contribution in [3.63, 3.8) is 0 Å². The molecule has 3 aromatic carbocycles. The summed E-state index contributed by atoms with van der Waals surface area (Å²) in [6, 6.07) is 18.1. The monoisotopic (exact) mass is 1090 g/mol. The van der Waals surface area contributed by atoms with Crippen LogP contribution in [0.5, 0.6) is 0 Å². The maximum absolute atomic E-state index is 15.8. The third-order valence-electron chi connectivity index (χ3n) is 15.0. The van der Waals surface area contributed by atoms with Gasteiger partial charge < -0.3 is 25.4 Å². The number of aromatic amines is 1. The van der Waals surface area contributed by atoms with E-state index in [9.17, 15) is 32.0 Å². The Morgan fingerprint density at radius 3 is 2.30 bits per heavy atom. The van der Waals surface area contributed by atoms with Gasteiger partial charge in [-0.3, -0.25) is 33.7 Å². The molecule has 4 fully saturated rings. The summed E-state index contributed by atoms with van der Waals surface area (Å²) < 4.78 is 73.3. The number of benzene rings is 3. The molecule has 77 heavy (non-hydrogen) atoms. The summed E-state index contributed by atoms with van der Waals surface area (Å²) in [7, 11) is -4.37. The molecule has 0 bridgehead atoms. The number of aromatic nitrogens is 3. The zero-order chi connectivity index (χ0) is 54.3. The molecule has 0 spiro atoms. The van der Waals surface area contributed by atoms with E-state index in [4.69, 9.17) is 0 Å². The van der Waals surface area contributed by atoms with E-state index in [0.29, 0.717) is 36.1 Å². The molecule has 4 N–H and O–H groups in total. The van der Waals surface area contributed by atoms with Crippen LogP contribution in [0.3, 0.4) is 0 Å². The number of ketones is 1. The van der Waals surface area contributed by atoms with Gasteiger partial charge in [0.1, 0.15) is 29.7 Å². The number of hydrogen-bond donors (Lipinski definition) is 4. The molecule has 0 unspecified atom stereocenters. The van der Waals surface area contributed by atoms with Crippen molar-refractivity contribution in [1.29, 1.82) is 0 Å². The Morgan fingerprint density at radius 2 is 1.62 bits per heavy atom. The van der Waals surface area contributed by atoms with Crippen molar-refractivity contribution >= 4 is 67.5 Å². The molecule has 4 aliphatic heterocycles. The number of carbonyl (C=O) groups excluding carboxylic acids is 4. The van der Waals surface area contributed by atoms with Crippen LogP contribution >= 0.6 is 11.3 Å². The quantitative estimate of drug-likeness (QED) is 0.0792. The summed E-state index contributed by atoms with van der Waals surface area (Å²) in [5.74, 6) is -4.34. The standard InChI is InChI=1S/C55H61F3N11O6S2/c1-33-50(76-32-62-33)36-9-7-34(8-10-36)25-61-53(72)45-6-5-18-69(45)54(73)51(55(2,3)4)63-46(70)31-65-29-40(30-65)67-22-20-66(21-23-67)39-13-11-35(12-14-39)37-24-41-42(27-60-52(41)59-26-37)49(71)47-43(57)15-16-44(48(47)58)64-77(74,75)68-19-17-38(56)28-68/h5,7-16,24,26-27,32,38,40,45,51,64H,6,17-23,25,28-31H2,1-4H3,(H,59,60)(H,61,72)(H,63,70)/t38-,45+,51-/m1/s1. The van der Waals surface area contributed by atoms with Gasteiger partial charge in [-0.2, -0.15) is 12.7 Å². The number of likely N-dealkylation sites (tertiary alicyclic amines) is 2. The average Bonchev–Trinajstić information content (AvgIpc) is 4.25. The fourth-order valence-electron chi connectivity index (χ4n) is 10.5. The number of rotatable bonds is 16. The van der Waals surface area contributed by atoms with E-state index in [1.165, 1.54) is 6.20 Å². The third kappa shape index (κ3) is 11.5. The van der Waals surface area contributed by atoms with Crippen LogP contribution in [0.25, 0.3) is 32.6 Å². The number of pyridine rings is 1. The van der Waals surface area contributed by atoms with E-state index in [-0.39, 0.29) is 48.8 Å². The van der Waals surface area contributed by atoms with Gasteiger partial charge in [0, 0.05) is 106 Å². The number of H-pyrrole nitrogens is 1. The molecule has 22 heteroatoms. The maximum Gasteiger partial charge on any atom is 0.301 e. The van der Waals surface area contributed by atoms with E-state index in [2.05, 4.69) is 40.3 Å². The number of nitrogens with one attached hydrogen (secondary N) is 4. The molecule has 1 radical (unpaired) electrons. The second kappa shape index (κ2) is 22.0. The average molecular weight is 1090 g/mol. The number of anilines is 2. The molecule has 3 amide bonds. The molecule has 7 heterocycles. The van der Waals surface area contributed by atoms with E-state index in [1.54, 1.807) is 28.5 Å². The summed E-state index contributed by atoms with van der Waals surface area (Å²) in [6.45, 7) is 12.7. The van der Waals surface area contributed by atoms with Gasteiger partial charge in [0.25, 0.3) is 0 Å². The van der Waals surface area contributed by atoms with Gasteiger partial charge in [0.15, 0.2) is 5.82 Å². The molecule has 4 saturated heterocycles. The minimum Gasteiger partial charge on any atom is -0.369 e. The van der Waals surface area contributed by atoms with Crippen LogP contribution in [0.15, 0.2) is 84.6 Å². The molecule has 6 aromatic rings. The highest BCUT2D eigenvalue weighted by molar-refractivity contribution is 7.90. The Bertz CT molecular complexity index is 3300. The van der Waals surface area contributed by atoms with Crippen LogP contribution in [0, 0.1) is 30.4 Å². The fourth-order valence-corrected chi connectivity index (χ4v) is 12.6. The molecule has 3 atom stereocenters. The van der Waals surface area contributed by atoms with Gasteiger partial charge in [0.2, 0.25) is 23.5 Å². The van der Waals surface area contributed by atoms with E-state index in [0.717, 1.165) is 88.7 Å². The summed E-state index contributed by atoms with van der Waals surface area (Å²) >= 11 is 1.59. The molecule has 0 aliphatic carbocycles. The lowest BCUT2D eigenvalue weighted by Gasteiger charge is -2.48. The normalized spacial score (nSPS) is 19.4. The number of fused-ring (bicyclic) bond motifs is 1. The number of carbonyl (C=O) groups is 4.